The Hall–Kier alpha value is -1.51. The molecule has 0 aromatic rings. The molecule has 9 nitrogen and oxygen atoms in total. The summed E-state index contributed by atoms with van der Waals surface area (Å²) in [4.78, 5) is 35.6. The van der Waals surface area contributed by atoms with E-state index in [2.05, 4.69) is 38.2 Å². The van der Waals surface area contributed by atoms with Gasteiger partial charge in [-0.2, -0.15) is 0 Å². The van der Waals surface area contributed by atoms with Crippen LogP contribution >= 0.6 is 7.82 Å². The van der Waals surface area contributed by atoms with Gasteiger partial charge in [-0.15, -0.1) is 0 Å². The normalized spacial score (nSPS) is 13.5. The average molecular weight is 927 g/mol. The summed E-state index contributed by atoms with van der Waals surface area (Å²) in [6, 6.07) is 0. The highest BCUT2D eigenvalue weighted by Crippen LogP contribution is 2.43. The molecule has 0 radical (unpaired) electrons. The lowest BCUT2D eigenvalue weighted by molar-refractivity contribution is -0.870. The number of hydrogen-bond donors (Lipinski definition) is 1. The molecular weight excluding hydrogens is 822 g/mol. The van der Waals surface area contributed by atoms with Gasteiger partial charge in [0.15, 0.2) is 6.10 Å². The summed E-state index contributed by atoms with van der Waals surface area (Å²) in [5.41, 5.74) is 0. The van der Waals surface area contributed by atoms with Crippen LogP contribution in [-0.2, 0) is 32.7 Å². The van der Waals surface area contributed by atoms with Gasteiger partial charge in [0.05, 0.1) is 27.7 Å². The monoisotopic (exact) mass is 927 g/mol. The standard InChI is InChI=1S/C54H104NO8P/c1-6-8-10-12-14-16-18-20-22-24-26-28-30-32-34-36-38-40-42-44-46-53(56)60-50-52(51-62-64(58,59)61-49-48-55(3,4)5)63-54(57)47-45-43-41-39-37-35-33-31-29-27-25-23-21-19-17-15-13-11-9-7-2/h30-33,52H,6-29,34-51H2,1-5H3/p+1/b32-30-,33-31-/t52-/m1/s1. The lowest BCUT2D eigenvalue weighted by Gasteiger charge is -2.24. The molecule has 1 N–H and O–H groups in total. The molecule has 64 heavy (non-hydrogen) atoms. The Morgan fingerprint density at radius 2 is 0.797 bits per heavy atom. The smallest absolute Gasteiger partial charge is 0.462 e. The zero-order valence-corrected chi connectivity index (χ0v) is 43.7. The van der Waals surface area contributed by atoms with E-state index in [9.17, 15) is 19.0 Å². The van der Waals surface area contributed by atoms with Gasteiger partial charge < -0.3 is 18.9 Å². The molecule has 0 bridgehead atoms. The molecule has 0 aliphatic heterocycles. The highest BCUT2D eigenvalue weighted by Gasteiger charge is 2.27. The number of likely N-dealkylation sites (N-methyl/N-ethyl adjacent to an activating group) is 1. The first kappa shape index (κ1) is 62.5. The minimum absolute atomic E-state index is 0.0304. The molecule has 2 atom stereocenters. The van der Waals surface area contributed by atoms with Gasteiger partial charge in [-0.05, 0) is 64.2 Å². The molecule has 0 aliphatic carbocycles. The predicted octanol–water partition coefficient (Wildman–Crippen LogP) is 16.3. The SMILES string of the molecule is CCCCCCCCCCCCC/C=C\CCCCCCCC(=O)OC[C@H](COP(=O)(O)OCC[N+](C)(C)C)OC(=O)CCCCCCC/C=C\CCCCCCCCCCCCC. The molecule has 0 aliphatic rings. The molecule has 0 saturated heterocycles. The summed E-state index contributed by atoms with van der Waals surface area (Å²) in [7, 11) is 1.48. The van der Waals surface area contributed by atoms with Crippen molar-refractivity contribution in [3.05, 3.63) is 24.3 Å². The molecule has 0 spiro atoms. The number of esters is 2. The fourth-order valence-corrected chi connectivity index (χ4v) is 8.45. The Labute approximate surface area is 396 Å². The molecule has 1 unspecified atom stereocenters. The van der Waals surface area contributed by atoms with Crippen molar-refractivity contribution in [3.63, 3.8) is 0 Å². The van der Waals surface area contributed by atoms with E-state index in [-0.39, 0.29) is 32.0 Å². The van der Waals surface area contributed by atoms with Crippen LogP contribution in [0, 0.1) is 0 Å². The highest BCUT2D eigenvalue weighted by molar-refractivity contribution is 7.47. The second-order valence-corrected chi connectivity index (χ2v) is 21.1. The van der Waals surface area contributed by atoms with Gasteiger partial charge in [0, 0.05) is 12.8 Å². The van der Waals surface area contributed by atoms with Gasteiger partial charge in [0.25, 0.3) is 0 Å². The van der Waals surface area contributed by atoms with Crippen molar-refractivity contribution in [2.45, 2.75) is 264 Å². The number of unbranched alkanes of at least 4 members (excludes halogenated alkanes) is 32. The molecular formula is C54H105NO8P+. The number of hydrogen-bond acceptors (Lipinski definition) is 7. The van der Waals surface area contributed by atoms with Crippen LogP contribution < -0.4 is 0 Å². The quantitative estimate of drug-likeness (QED) is 0.0211. The number of phosphoric acid groups is 1. The van der Waals surface area contributed by atoms with Crippen molar-refractivity contribution < 1.29 is 42.1 Å². The number of ether oxygens (including phenoxy) is 2. The molecule has 0 saturated carbocycles. The Balaban J connectivity index is 4.23. The van der Waals surface area contributed by atoms with E-state index in [1.165, 1.54) is 154 Å². The lowest BCUT2D eigenvalue weighted by atomic mass is 10.0. The van der Waals surface area contributed by atoms with Gasteiger partial charge in [0.2, 0.25) is 0 Å². The van der Waals surface area contributed by atoms with Gasteiger partial charge >= 0.3 is 19.8 Å². The lowest BCUT2D eigenvalue weighted by Crippen LogP contribution is -2.37. The molecule has 378 valence electrons. The predicted molar refractivity (Wildman–Crippen MR) is 271 cm³/mol. The van der Waals surface area contributed by atoms with E-state index >= 15 is 0 Å². The maximum absolute atomic E-state index is 12.8. The van der Waals surface area contributed by atoms with E-state index in [0.717, 1.165) is 70.6 Å². The summed E-state index contributed by atoms with van der Waals surface area (Å²) in [5.74, 6) is -0.806. The van der Waals surface area contributed by atoms with Gasteiger partial charge in [-0.1, -0.05) is 205 Å². The third kappa shape index (κ3) is 49.9. The summed E-state index contributed by atoms with van der Waals surface area (Å²) in [6.07, 6.45) is 53.8. The fraction of sp³-hybridized carbons (Fsp3) is 0.889. The second-order valence-electron chi connectivity index (χ2n) is 19.6. The molecule has 0 rings (SSSR count). The Kier molecular flexibility index (Phi) is 45.5. The van der Waals surface area contributed by atoms with Crippen LogP contribution in [0.4, 0.5) is 0 Å². The molecule has 0 fully saturated rings. The topological polar surface area (TPSA) is 108 Å². The summed E-state index contributed by atoms with van der Waals surface area (Å²) >= 11 is 0. The number of nitrogens with zero attached hydrogens (tertiary/aromatic N) is 1. The fourth-order valence-electron chi connectivity index (χ4n) is 7.71. The van der Waals surface area contributed by atoms with E-state index in [1.807, 2.05) is 21.1 Å². The molecule has 0 heterocycles. The second kappa shape index (κ2) is 46.6. The molecule has 0 aromatic carbocycles. The van der Waals surface area contributed by atoms with Crippen LogP contribution in [0.25, 0.3) is 0 Å². The number of carbonyl (C=O) groups is 2. The van der Waals surface area contributed by atoms with E-state index in [1.54, 1.807) is 0 Å². The van der Waals surface area contributed by atoms with Crippen molar-refractivity contribution in [2.75, 3.05) is 47.5 Å². The summed E-state index contributed by atoms with van der Waals surface area (Å²) in [5, 5.41) is 0. The first-order chi connectivity index (χ1) is 31.0. The van der Waals surface area contributed by atoms with E-state index < -0.39 is 26.5 Å². The zero-order valence-electron chi connectivity index (χ0n) is 42.8. The van der Waals surface area contributed by atoms with Crippen molar-refractivity contribution in [1.82, 2.24) is 0 Å². The Bertz CT molecular complexity index is 1140. The first-order valence-electron chi connectivity index (χ1n) is 27.1. The third-order valence-electron chi connectivity index (χ3n) is 12.0. The van der Waals surface area contributed by atoms with Crippen LogP contribution in [0.15, 0.2) is 24.3 Å². The number of carbonyl (C=O) groups excluding carboxylic acids is 2. The van der Waals surface area contributed by atoms with Crippen LogP contribution in [-0.4, -0.2) is 74.9 Å². The third-order valence-corrected chi connectivity index (χ3v) is 12.9. The van der Waals surface area contributed by atoms with Crippen molar-refractivity contribution >= 4 is 19.8 Å². The van der Waals surface area contributed by atoms with Crippen LogP contribution in [0.3, 0.4) is 0 Å². The van der Waals surface area contributed by atoms with Crippen LogP contribution in [0.1, 0.15) is 258 Å². The molecule has 0 amide bonds. The number of allylic oxidation sites excluding steroid dienone is 4. The summed E-state index contributed by atoms with van der Waals surface area (Å²) < 4.78 is 34.5. The highest BCUT2D eigenvalue weighted by atomic mass is 31.2. The Morgan fingerprint density at radius 3 is 1.16 bits per heavy atom. The Morgan fingerprint density at radius 1 is 0.469 bits per heavy atom. The largest absolute Gasteiger partial charge is 0.472 e. The number of phosphoric ester groups is 1. The van der Waals surface area contributed by atoms with Gasteiger partial charge in [-0.25, -0.2) is 4.57 Å². The minimum atomic E-state index is -4.38. The molecule has 0 aromatic heterocycles. The minimum Gasteiger partial charge on any atom is -0.462 e. The maximum Gasteiger partial charge on any atom is 0.472 e. The van der Waals surface area contributed by atoms with Gasteiger partial charge in [-0.3, -0.25) is 18.6 Å². The summed E-state index contributed by atoms with van der Waals surface area (Å²) in [6.45, 7) is 4.45. The zero-order chi connectivity index (χ0) is 47.1. The van der Waals surface area contributed by atoms with Crippen LogP contribution in [0.2, 0.25) is 0 Å². The molecule has 10 heteroatoms. The number of quaternary nitrogens is 1. The van der Waals surface area contributed by atoms with Crippen molar-refractivity contribution in [3.8, 4) is 0 Å². The average Bonchev–Trinajstić information content (AvgIpc) is 3.25. The van der Waals surface area contributed by atoms with E-state index in [0.29, 0.717) is 17.4 Å². The van der Waals surface area contributed by atoms with Gasteiger partial charge in [0.1, 0.15) is 19.8 Å². The number of rotatable bonds is 50. The first-order valence-corrected chi connectivity index (χ1v) is 28.6. The van der Waals surface area contributed by atoms with Crippen molar-refractivity contribution in [2.24, 2.45) is 0 Å². The van der Waals surface area contributed by atoms with Crippen LogP contribution in [0.5, 0.6) is 0 Å². The van der Waals surface area contributed by atoms with Crippen molar-refractivity contribution in [1.29, 1.82) is 0 Å². The van der Waals surface area contributed by atoms with E-state index in [4.69, 9.17) is 18.5 Å². The maximum atomic E-state index is 12.8.